The average molecular weight is 557 g/mol. The fourth-order valence-electron chi connectivity index (χ4n) is 4.74. The van der Waals surface area contributed by atoms with Crippen LogP contribution in [0.1, 0.15) is 38.5 Å². The largest absolute Gasteiger partial charge is 0.419 e. The molecule has 0 saturated carbocycles. The molecular weight excluding hydrogens is 534 g/mol. The van der Waals surface area contributed by atoms with Crippen molar-refractivity contribution >= 4 is 29.1 Å². The lowest BCUT2D eigenvalue weighted by atomic mass is 9.93. The first-order chi connectivity index (χ1) is 17.3. The first-order valence-electron chi connectivity index (χ1n) is 11.4. The second kappa shape index (κ2) is 10.6. The van der Waals surface area contributed by atoms with Gasteiger partial charge in [-0.2, -0.15) is 13.2 Å². The minimum atomic E-state index is -4.79. The van der Waals surface area contributed by atoms with Crippen LogP contribution in [0.25, 0.3) is 0 Å². The van der Waals surface area contributed by atoms with Crippen molar-refractivity contribution in [2.45, 2.75) is 31.6 Å². The summed E-state index contributed by atoms with van der Waals surface area (Å²) in [5, 5.41) is 0.697. The summed E-state index contributed by atoms with van der Waals surface area (Å²) in [5.74, 6) is -2.71. The molecule has 0 radical (unpaired) electrons. The molecule has 0 bridgehead atoms. The van der Waals surface area contributed by atoms with Gasteiger partial charge in [-0.3, -0.25) is 9.69 Å². The van der Waals surface area contributed by atoms with E-state index in [2.05, 4.69) is 0 Å². The van der Waals surface area contributed by atoms with Gasteiger partial charge in [0.25, 0.3) is 5.91 Å². The lowest BCUT2D eigenvalue weighted by molar-refractivity contribution is -0.140. The molecule has 1 saturated heterocycles. The summed E-state index contributed by atoms with van der Waals surface area (Å²) in [6, 6.07) is 12.0. The molecule has 1 aliphatic rings. The molecule has 2 atom stereocenters. The highest BCUT2D eigenvalue weighted by Crippen LogP contribution is 2.36. The molecule has 1 unspecified atom stereocenters. The first-order valence-corrected chi connectivity index (χ1v) is 12.2. The van der Waals surface area contributed by atoms with Crippen molar-refractivity contribution in [1.82, 2.24) is 9.80 Å². The van der Waals surface area contributed by atoms with Crippen LogP contribution in [0, 0.1) is 18.6 Å². The van der Waals surface area contributed by atoms with E-state index in [0.29, 0.717) is 15.6 Å². The van der Waals surface area contributed by atoms with E-state index in [1.807, 2.05) is 4.90 Å². The molecule has 3 aromatic carbocycles. The molecular formula is C27H23Cl2F5N2O. The Balaban J connectivity index is 1.63. The zero-order chi connectivity index (χ0) is 27.1. The van der Waals surface area contributed by atoms with Crippen molar-refractivity contribution in [2.75, 3.05) is 20.1 Å². The van der Waals surface area contributed by atoms with E-state index >= 15 is 0 Å². The van der Waals surface area contributed by atoms with Crippen LogP contribution in [0.4, 0.5) is 22.0 Å². The highest BCUT2D eigenvalue weighted by atomic mass is 35.5. The monoisotopic (exact) mass is 556 g/mol. The smallest absolute Gasteiger partial charge is 0.336 e. The number of halogens is 7. The summed E-state index contributed by atoms with van der Waals surface area (Å²) in [5.41, 5.74) is 0.509. The number of nitrogens with zero attached hydrogens (tertiary/aromatic N) is 2. The van der Waals surface area contributed by atoms with E-state index in [0.717, 1.165) is 23.3 Å². The van der Waals surface area contributed by atoms with Gasteiger partial charge in [0.15, 0.2) is 0 Å². The fraction of sp³-hybridized carbons (Fsp3) is 0.296. The lowest BCUT2D eigenvalue weighted by Gasteiger charge is -2.29. The van der Waals surface area contributed by atoms with Gasteiger partial charge in [-0.25, -0.2) is 8.78 Å². The number of aryl methyl sites for hydroxylation is 1. The average Bonchev–Trinajstić information content (AvgIpc) is 3.27. The second-order valence-corrected chi connectivity index (χ2v) is 10.1. The Morgan fingerprint density at radius 2 is 1.70 bits per heavy atom. The van der Waals surface area contributed by atoms with Gasteiger partial charge in [-0.05, 0) is 61.5 Å². The van der Waals surface area contributed by atoms with Gasteiger partial charge in [0, 0.05) is 31.6 Å². The zero-order valence-electron chi connectivity index (χ0n) is 19.9. The number of alkyl halides is 3. The molecule has 3 aromatic rings. The summed E-state index contributed by atoms with van der Waals surface area (Å²) in [4.78, 5) is 16.7. The van der Waals surface area contributed by atoms with Gasteiger partial charge in [0.05, 0.1) is 21.2 Å². The van der Waals surface area contributed by atoms with Gasteiger partial charge in [-0.15, -0.1) is 0 Å². The molecule has 1 heterocycles. The molecule has 0 aromatic heterocycles. The van der Waals surface area contributed by atoms with E-state index in [1.54, 1.807) is 43.1 Å². The molecule has 1 amide bonds. The van der Waals surface area contributed by atoms with Crippen LogP contribution < -0.4 is 0 Å². The maximum atomic E-state index is 14.5. The second-order valence-electron chi connectivity index (χ2n) is 9.27. The van der Waals surface area contributed by atoms with Gasteiger partial charge in [0.2, 0.25) is 0 Å². The Morgan fingerprint density at radius 3 is 2.35 bits per heavy atom. The topological polar surface area (TPSA) is 23.6 Å². The summed E-state index contributed by atoms with van der Waals surface area (Å²) >= 11 is 12.3. The van der Waals surface area contributed by atoms with Crippen molar-refractivity contribution in [2.24, 2.45) is 0 Å². The van der Waals surface area contributed by atoms with Crippen LogP contribution in [0.5, 0.6) is 0 Å². The van der Waals surface area contributed by atoms with E-state index < -0.39 is 29.3 Å². The van der Waals surface area contributed by atoms with E-state index in [4.69, 9.17) is 23.2 Å². The number of hydrogen-bond acceptors (Lipinski definition) is 2. The highest BCUT2D eigenvalue weighted by Gasteiger charge is 2.40. The van der Waals surface area contributed by atoms with Crippen LogP contribution in [-0.4, -0.2) is 41.9 Å². The van der Waals surface area contributed by atoms with Crippen LogP contribution in [0.3, 0.4) is 0 Å². The summed E-state index contributed by atoms with van der Waals surface area (Å²) < 4.78 is 67.5. The van der Waals surface area contributed by atoms with Crippen molar-refractivity contribution in [3.8, 4) is 0 Å². The van der Waals surface area contributed by atoms with E-state index in [-0.39, 0.29) is 37.2 Å². The standard InChI is InChI=1S/C27H23Cl2F5N2O/c1-15-3-8-23(30)18(9-15)26(37)36-13-19(17-5-7-21(28)22(29)11-17)25(14-36)35(2)12-16-4-6-20(24(31)10-16)27(32,33)34/h3-11,19,25H,12-14H2,1-2H3/t19-,25?/m1/s1. The summed E-state index contributed by atoms with van der Waals surface area (Å²) in [6.45, 7) is 2.36. The molecule has 3 nitrogen and oxygen atoms in total. The number of carbonyl (C=O) groups is 1. The lowest BCUT2D eigenvalue weighted by Crippen LogP contribution is -2.38. The number of likely N-dealkylation sites (tertiary alicyclic amines) is 1. The van der Waals surface area contributed by atoms with Crippen molar-refractivity contribution in [3.05, 3.63) is 104 Å². The number of rotatable bonds is 5. The van der Waals surface area contributed by atoms with Crippen molar-refractivity contribution in [3.63, 3.8) is 0 Å². The molecule has 37 heavy (non-hydrogen) atoms. The Bertz CT molecular complexity index is 1330. The molecule has 0 N–H and O–H groups in total. The summed E-state index contributed by atoms with van der Waals surface area (Å²) in [6.07, 6.45) is -4.79. The normalized spacial score (nSPS) is 18.1. The molecule has 0 aliphatic carbocycles. The molecule has 10 heteroatoms. The SMILES string of the molecule is Cc1ccc(F)c(C(=O)N2CC(N(C)Cc3ccc(C(F)(F)F)c(F)c3)[C@@H](c3ccc(Cl)c(Cl)c3)C2)c1. The molecule has 1 aliphatic heterocycles. The van der Waals surface area contributed by atoms with Gasteiger partial charge < -0.3 is 4.90 Å². The van der Waals surface area contributed by atoms with E-state index in [9.17, 15) is 26.7 Å². The minimum absolute atomic E-state index is 0.0407. The Kier molecular flexibility index (Phi) is 7.83. The minimum Gasteiger partial charge on any atom is -0.336 e. The number of amides is 1. The zero-order valence-corrected chi connectivity index (χ0v) is 21.4. The Labute approximate surface area is 221 Å². The van der Waals surface area contributed by atoms with Gasteiger partial charge in [-0.1, -0.05) is 47.0 Å². The number of carbonyl (C=O) groups excluding carboxylic acids is 1. The maximum absolute atomic E-state index is 14.5. The van der Waals surface area contributed by atoms with Crippen LogP contribution in [-0.2, 0) is 12.7 Å². The third-order valence-electron chi connectivity index (χ3n) is 6.64. The maximum Gasteiger partial charge on any atom is 0.419 e. The van der Waals surface area contributed by atoms with Gasteiger partial charge >= 0.3 is 6.18 Å². The molecule has 0 spiro atoms. The first kappa shape index (κ1) is 27.4. The third-order valence-corrected chi connectivity index (χ3v) is 7.38. The summed E-state index contributed by atoms with van der Waals surface area (Å²) in [7, 11) is 1.74. The van der Waals surface area contributed by atoms with Crippen molar-refractivity contribution in [1.29, 1.82) is 0 Å². The predicted molar refractivity (Wildman–Crippen MR) is 133 cm³/mol. The Hall–Kier alpha value is -2.68. The highest BCUT2D eigenvalue weighted by molar-refractivity contribution is 6.42. The number of likely N-dealkylation sites (N-methyl/N-ethyl adjacent to an activating group) is 1. The van der Waals surface area contributed by atoms with Crippen LogP contribution in [0.2, 0.25) is 10.0 Å². The van der Waals surface area contributed by atoms with Crippen LogP contribution in [0.15, 0.2) is 54.6 Å². The van der Waals surface area contributed by atoms with Crippen LogP contribution >= 0.6 is 23.2 Å². The molecule has 196 valence electrons. The Morgan fingerprint density at radius 1 is 0.973 bits per heavy atom. The van der Waals surface area contributed by atoms with Gasteiger partial charge in [0.1, 0.15) is 11.6 Å². The number of benzene rings is 3. The number of hydrogen-bond donors (Lipinski definition) is 0. The third kappa shape index (κ3) is 5.92. The molecule has 4 rings (SSSR count). The fourth-order valence-corrected chi connectivity index (χ4v) is 5.04. The quantitative estimate of drug-likeness (QED) is 0.307. The van der Waals surface area contributed by atoms with E-state index in [1.165, 1.54) is 18.2 Å². The molecule has 1 fully saturated rings. The predicted octanol–water partition coefficient (Wildman–Crippen LogP) is 7.34. The van der Waals surface area contributed by atoms with Crippen molar-refractivity contribution < 1.29 is 26.7 Å².